The molecule has 1 aliphatic heterocycles. The lowest BCUT2D eigenvalue weighted by atomic mass is 10.2. The molecule has 1 rings (SSSR count). The molecule has 0 aromatic rings. The number of rotatable bonds is 6. The van der Waals surface area contributed by atoms with Crippen LogP contribution in [0.15, 0.2) is 23.9 Å². The standard InChI is InChI=1S/C15H22O8/c1-8-12(19)13(20)14(22-8)9(16)7-21-10(17)5-6-11(18)23-15(2,3)4/h9,14,16,19-20H,1,5-7H2,2-4H3. The highest BCUT2D eigenvalue weighted by atomic mass is 16.6. The van der Waals surface area contributed by atoms with Gasteiger partial charge in [-0.2, -0.15) is 0 Å². The summed E-state index contributed by atoms with van der Waals surface area (Å²) in [5.41, 5.74) is -0.634. The van der Waals surface area contributed by atoms with Gasteiger partial charge in [-0.25, -0.2) is 0 Å². The molecule has 130 valence electrons. The van der Waals surface area contributed by atoms with Crippen molar-refractivity contribution in [2.75, 3.05) is 6.61 Å². The first-order valence-corrected chi connectivity index (χ1v) is 7.05. The fourth-order valence-corrected chi connectivity index (χ4v) is 1.74. The maximum Gasteiger partial charge on any atom is 0.306 e. The zero-order chi connectivity index (χ0) is 17.8. The molecule has 0 bridgehead atoms. The van der Waals surface area contributed by atoms with Gasteiger partial charge in [-0.15, -0.1) is 0 Å². The fourth-order valence-electron chi connectivity index (χ4n) is 1.74. The molecule has 0 fully saturated rings. The minimum atomic E-state index is -1.39. The molecule has 0 aromatic heterocycles. The van der Waals surface area contributed by atoms with Crippen LogP contribution in [-0.4, -0.2) is 51.7 Å². The molecule has 8 heteroatoms. The summed E-state index contributed by atoms with van der Waals surface area (Å²) in [7, 11) is 0. The second kappa shape index (κ2) is 7.36. The Morgan fingerprint density at radius 3 is 2.30 bits per heavy atom. The van der Waals surface area contributed by atoms with Crippen molar-refractivity contribution in [2.45, 2.75) is 51.4 Å². The third-order valence-electron chi connectivity index (χ3n) is 2.76. The van der Waals surface area contributed by atoms with Gasteiger partial charge < -0.3 is 29.5 Å². The van der Waals surface area contributed by atoms with Crippen LogP contribution in [0.1, 0.15) is 33.6 Å². The zero-order valence-electron chi connectivity index (χ0n) is 13.4. The summed E-state index contributed by atoms with van der Waals surface area (Å²) in [6.07, 6.45) is -2.98. The van der Waals surface area contributed by atoms with Crippen molar-refractivity contribution < 1.29 is 39.1 Å². The van der Waals surface area contributed by atoms with Gasteiger partial charge in [0.05, 0.1) is 12.8 Å². The Morgan fingerprint density at radius 2 is 1.83 bits per heavy atom. The Morgan fingerprint density at radius 1 is 1.26 bits per heavy atom. The number of aliphatic hydroxyl groups excluding tert-OH is 3. The lowest BCUT2D eigenvalue weighted by Crippen LogP contribution is -2.33. The van der Waals surface area contributed by atoms with Gasteiger partial charge >= 0.3 is 11.9 Å². The monoisotopic (exact) mass is 330 g/mol. The number of aliphatic hydroxyl groups is 3. The topological polar surface area (TPSA) is 123 Å². The van der Waals surface area contributed by atoms with Crippen LogP contribution in [-0.2, 0) is 23.8 Å². The third kappa shape index (κ3) is 5.82. The van der Waals surface area contributed by atoms with Crippen LogP contribution in [0.25, 0.3) is 0 Å². The van der Waals surface area contributed by atoms with Crippen molar-refractivity contribution in [3.05, 3.63) is 23.9 Å². The SMILES string of the molecule is C=C1OC(C(O)COC(=O)CCC(=O)OC(C)(C)C)C(O)=C1O. The molecule has 0 aromatic carbocycles. The summed E-state index contributed by atoms with van der Waals surface area (Å²) in [5.74, 6) is -2.55. The van der Waals surface area contributed by atoms with Crippen molar-refractivity contribution in [3.63, 3.8) is 0 Å². The Labute approximate surface area is 134 Å². The van der Waals surface area contributed by atoms with E-state index in [1.54, 1.807) is 20.8 Å². The van der Waals surface area contributed by atoms with E-state index in [1.165, 1.54) is 0 Å². The molecule has 0 saturated carbocycles. The fraction of sp³-hybridized carbons (Fsp3) is 0.600. The van der Waals surface area contributed by atoms with Crippen LogP contribution in [0.3, 0.4) is 0 Å². The van der Waals surface area contributed by atoms with E-state index < -0.39 is 47.9 Å². The molecule has 23 heavy (non-hydrogen) atoms. The molecule has 2 atom stereocenters. The van der Waals surface area contributed by atoms with E-state index in [2.05, 4.69) is 6.58 Å². The average molecular weight is 330 g/mol. The Balaban J connectivity index is 2.34. The van der Waals surface area contributed by atoms with E-state index >= 15 is 0 Å². The van der Waals surface area contributed by atoms with Crippen molar-refractivity contribution in [1.82, 2.24) is 0 Å². The molecule has 0 aliphatic carbocycles. The van der Waals surface area contributed by atoms with E-state index in [4.69, 9.17) is 14.2 Å². The first-order valence-electron chi connectivity index (χ1n) is 7.05. The summed E-state index contributed by atoms with van der Waals surface area (Å²) in [5, 5.41) is 28.7. The van der Waals surface area contributed by atoms with Gasteiger partial charge in [0.25, 0.3) is 0 Å². The van der Waals surface area contributed by atoms with Crippen LogP contribution in [0.4, 0.5) is 0 Å². The number of hydrogen-bond acceptors (Lipinski definition) is 8. The maximum atomic E-state index is 11.5. The molecular formula is C15H22O8. The summed E-state index contributed by atoms with van der Waals surface area (Å²) in [6.45, 7) is 8.00. The highest BCUT2D eigenvalue weighted by Gasteiger charge is 2.36. The summed E-state index contributed by atoms with van der Waals surface area (Å²) in [4.78, 5) is 23.0. The second-order valence-corrected chi connectivity index (χ2v) is 6.03. The number of hydrogen-bond donors (Lipinski definition) is 3. The van der Waals surface area contributed by atoms with E-state index in [9.17, 15) is 24.9 Å². The highest BCUT2D eigenvalue weighted by molar-refractivity contribution is 5.77. The van der Waals surface area contributed by atoms with Gasteiger partial charge in [-0.3, -0.25) is 9.59 Å². The van der Waals surface area contributed by atoms with Crippen molar-refractivity contribution in [1.29, 1.82) is 0 Å². The predicted molar refractivity (Wildman–Crippen MR) is 78.3 cm³/mol. The lowest BCUT2D eigenvalue weighted by molar-refractivity contribution is -0.159. The summed E-state index contributed by atoms with van der Waals surface area (Å²) < 4.78 is 14.8. The quantitative estimate of drug-likeness (QED) is 0.622. The molecule has 1 heterocycles. The largest absolute Gasteiger partial charge is 0.505 e. The lowest BCUT2D eigenvalue weighted by Gasteiger charge is -2.19. The van der Waals surface area contributed by atoms with Crippen molar-refractivity contribution in [2.24, 2.45) is 0 Å². The van der Waals surface area contributed by atoms with Gasteiger partial charge in [0.2, 0.25) is 0 Å². The summed E-state index contributed by atoms with van der Waals surface area (Å²) >= 11 is 0. The van der Waals surface area contributed by atoms with Gasteiger partial charge in [0.15, 0.2) is 23.4 Å². The van der Waals surface area contributed by atoms with E-state index in [-0.39, 0.29) is 18.6 Å². The second-order valence-electron chi connectivity index (χ2n) is 6.03. The van der Waals surface area contributed by atoms with Gasteiger partial charge in [0.1, 0.15) is 18.3 Å². The highest BCUT2D eigenvalue weighted by Crippen LogP contribution is 2.27. The predicted octanol–water partition coefficient (Wildman–Crippen LogP) is 1.25. The molecule has 0 spiro atoms. The molecule has 0 radical (unpaired) electrons. The molecule has 8 nitrogen and oxygen atoms in total. The molecule has 0 amide bonds. The maximum absolute atomic E-state index is 11.5. The number of carbonyl (C=O) groups is 2. The molecule has 2 unspecified atom stereocenters. The van der Waals surface area contributed by atoms with Crippen molar-refractivity contribution in [3.8, 4) is 0 Å². The van der Waals surface area contributed by atoms with Gasteiger partial charge in [-0.1, -0.05) is 6.58 Å². The number of carbonyl (C=O) groups excluding carboxylic acids is 2. The van der Waals surface area contributed by atoms with Crippen molar-refractivity contribution >= 4 is 11.9 Å². The molecule has 0 saturated heterocycles. The van der Waals surface area contributed by atoms with Gasteiger partial charge in [-0.05, 0) is 20.8 Å². The smallest absolute Gasteiger partial charge is 0.306 e. The first kappa shape index (κ1) is 18.8. The molecular weight excluding hydrogens is 308 g/mol. The Hall–Kier alpha value is -2.22. The first-order chi connectivity index (χ1) is 10.5. The normalized spacial score (nSPS) is 19.3. The molecule has 3 N–H and O–H groups in total. The summed E-state index contributed by atoms with van der Waals surface area (Å²) in [6, 6.07) is 0. The van der Waals surface area contributed by atoms with Crippen LogP contribution in [0, 0.1) is 0 Å². The Bertz CT molecular complexity index is 514. The van der Waals surface area contributed by atoms with E-state index in [1.807, 2.05) is 0 Å². The van der Waals surface area contributed by atoms with Crippen LogP contribution < -0.4 is 0 Å². The van der Waals surface area contributed by atoms with E-state index in [0.29, 0.717) is 0 Å². The van der Waals surface area contributed by atoms with Crippen LogP contribution >= 0.6 is 0 Å². The van der Waals surface area contributed by atoms with Crippen LogP contribution in [0.2, 0.25) is 0 Å². The van der Waals surface area contributed by atoms with Gasteiger partial charge in [0, 0.05) is 0 Å². The van der Waals surface area contributed by atoms with E-state index in [0.717, 1.165) is 0 Å². The third-order valence-corrected chi connectivity index (χ3v) is 2.76. The van der Waals surface area contributed by atoms with Crippen LogP contribution in [0.5, 0.6) is 0 Å². The number of ether oxygens (including phenoxy) is 3. The Kier molecular flexibility index (Phi) is 6.03. The zero-order valence-corrected chi connectivity index (χ0v) is 13.4. The minimum absolute atomic E-state index is 0.144. The number of esters is 2. The minimum Gasteiger partial charge on any atom is -0.505 e. The molecule has 1 aliphatic rings. The average Bonchev–Trinajstić information content (AvgIpc) is 2.68.